The molecular weight excluding hydrogens is 366 g/mol. The Kier molecular flexibility index (Phi) is 6.94. The summed E-state index contributed by atoms with van der Waals surface area (Å²) in [5, 5.41) is 5.04. The highest BCUT2D eigenvalue weighted by atomic mass is 19.3. The maximum absolute atomic E-state index is 12.5. The third-order valence-electron chi connectivity index (χ3n) is 3.82. The van der Waals surface area contributed by atoms with Crippen LogP contribution in [-0.2, 0) is 14.3 Å². The fraction of sp³-hybridized carbons (Fsp3) is 0.412. The first-order valence-corrected chi connectivity index (χ1v) is 7.92. The van der Waals surface area contributed by atoms with E-state index in [1.165, 1.54) is 32.4 Å². The molecule has 2 amide bonds. The van der Waals surface area contributed by atoms with Gasteiger partial charge in [-0.15, -0.1) is 0 Å². The maximum Gasteiger partial charge on any atom is 0.387 e. The van der Waals surface area contributed by atoms with Gasteiger partial charge in [-0.05, 0) is 17.7 Å². The summed E-state index contributed by atoms with van der Waals surface area (Å²) in [6.07, 6.45) is 0. The number of carbonyl (C=O) groups is 2. The van der Waals surface area contributed by atoms with Crippen molar-refractivity contribution in [2.75, 3.05) is 27.4 Å². The fourth-order valence-electron chi connectivity index (χ4n) is 2.63. The highest BCUT2D eigenvalue weighted by molar-refractivity contribution is 5.85. The molecule has 0 spiro atoms. The van der Waals surface area contributed by atoms with Crippen LogP contribution in [0.15, 0.2) is 30.5 Å². The standard InChI is InChI=1S/C17H20F2N2O6/c1-9-13(15(22)26-7-6-24-2)14(21-17(23)20-9)10-4-5-11(27-16(18)19)12(8-10)25-3/h4-5,8,13-14,16H,1,6-7H2,2-3H3,(H2,20,21,23)/t13-,14-/m0/s1. The number of nitrogens with one attached hydrogen (secondary N) is 2. The average molecular weight is 386 g/mol. The van der Waals surface area contributed by atoms with E-state index in [0.717, 1.165) is 0 Å². The Hall–Kier alpha value is -2.88. The molecule has 10 heteroatoms. The largest absolute Gasteiger partial charge is 0.493 e. The van der Waals surface area contributed by atoms with Gasteiger partial charge in [-0.3, -0.25) is 4.79 Å². The van der Waals surface area contributed by atoms with Gasteiger partial charge in [0.25, 0.3) is 0 Å². The monoisotopic (exact) mass is 386 g/mol. The van der Waals surface area contributed by atoms with Crippen molar-refractivity contribution in [1.29, 1.82) is 0 Å². The first kappa shape index (κ1) is 20.4. The molecule has 0 radical (unpaired) electrons. The number of rotatable bonds is 8. The van der Waals surface area contributed by atoms with Crippen molar-refractivity contribution in [3.05, 3.63) is 36.0 Å². The van der Waals surface area contributed by atoms with Crippen molar-refractivity contribution in [2.24, 2.45) is 5.92 Å². The van der Waals surface area contributed by atoms with E-state index in [2.05, 4.69) is 21.9 Å². The van der Waals surface area contributed by atoms with Gasteiger partial charge in [-0.1, -0.05) is 12.6 Å². The average Bonchev–Trinajstić information content (AvgIpc) is 2.61. The van der Waals surface area contributed by atoms with E-state index in [0.29, 0.717) is 5.56 Å². The lowest BCUT2D eigenvalue weighted by Gasteiger charge is -2.33. The van der Waals surface area contributed by atoms with Gasteiger partial charge < -0.3 is 29.6 Å². The molecule has 0 unspecified atom stereocenters. The van der Waals surface area contributed by atoms with E-state index in [1.54, 1.807) is 0 Å². The van der Waals surface area contributed by atoms with Crippen molar-refractivity contribution < 1.29 is 37.3 Å². The van der Waals surface area contributed by atoms with Crippen LogP contribution in [0.3, 0.4) is 0 Å². The molecule has 1 saturated heterocycles. The molecule has 0 aromatic heterocycles. The number of esters is 1. The Bertz CT molecular complexity index is 713. The molecule has 0 saturated carbocycles. The first-order valence-electron chi connectivity index (χ1n) is 7.92. The van der Waals surface area contributed by atoms with Gasteiger partial charge in [0, 0.05) is 12.8 Å². The molecule has 0 aliphatic carbocycles. The SMILES string of the molecule is C=C1NC(=O)N[C@@H](c2ccc(OC(F)F)c(OC)c2)[C@H]1C(=O)OCCOC. The van der Waals surface area contributed by atoms with Crippen LogP contribution in [0.2, 0.25) is 0 Å². The Balaban J connectivity index is 2.31. The second-order valence-electron chi connectivity index (χ2n) is 5.53. The maximum atomic E-state index is 12.5. The molecule has 1 heterocycles. The van der Waals surface area contributed by atoms with Crippen molar-refractivity contribution in [1.82, 2.24) is 10.6 Å². The van der Waals surface area contributed by atoms with E-state index in [4.69, 9.17) is 14.2 Å². The normalized spacial score (nSPS) is 19.3. The zero-order chi connectivity index (χ0) is 20.0. The fourth-order valence-corrected chi connectivity index (χ4v) is 2.63. The van der Waals surface area contributed by atoms with Crippen LogP contribution in [0, 0.1) is 5.92 Å². The molecule has 1 aliphatic heterocycles. The Morgan fingerprint density at radius 3 is 2.63 bits per heavy atom. The molecule has 1 aromatic carbocycles. The van der Waals surface area contributed by atoms with Crippen LogP contribution in [-0.4, -0.2) is 46.0 Å². The summed E-state index contributed by atoms with van der Waals surface area (Å²) in [5.74, 6) is -1.71. The second kappa shape index (κ2) is 9.17. The molecule has 8 nitrogen and oxygen atoms in total. The summed E-state index contributed by atoms with van der Waals surface area (Å²) in [4.78, 5) is 24.3. The number of carbonyl (C=O) groups excluding carboxylic acids is 2. The molecule has 2 atom stereocenters. The smallest absolute Gasteiger partial charge is 0.387 e. The molecule has 2 rings (SSSR count). The number of benzene rings is 1. The number of alkyl halides is 2. The van der Waals surface area contributed by atoms with Crippen molar-refractivity contribution in [3.63, 3.8) is 0 Å². The number of halogens is 2. The highest BCUT2D eigenvalue weighted by Crippen LogP contribution is 2.36. The first-order chi connectivity index (χ1) is 12.9. The predicted molar refractivity (Wildman–Crippen MR) is 89.5 cm³/mol. The molecule has 0 bridgehead atoms. The highest BCUT2D eigenvalue weighted by Gasteiger charge is 2.39. The van der Waals surface area contributed by atoms with E-state index in [-0.39, 0.29) is 30.4 Å². The summed E-state index contributed by atoms with van der Waals surface area (Å²) in [7, 11) is 2.75. The third kappa shape index (κ3) is 5.07. The van der Waals surface area contributed by atoms with Crippen LogP contribution in [0.5, 0.6) is 11.5 Å². The van der Waals surface area contributed by atoms with Gasteiger partial charge in [0.05, 0.1) is 19.8 Å². The summed E-state index contributed by atoms with van der Waals surface area (Å²) in [5.41, 5.74) is 0.580. The zero-order valence-electron chi connectivity index (χ0n) is 14.8. The number of methoxy groups -OCH3 is 2. The molecule has 1 aliphatic rings. The van der Waals surface area contributed by atoms with E-state index in [9.17, 15) is 18.4 Å². The van der Waals surface area contributed by atoms with Crippen LogP contribution < -0.4 is 20.1 Å². The molecule has 148 valence electrons. The predicted octanol–water partition coefficient (Wildman–Crippen LogP) is 1.97. The van der Waals surface area contributed by atoms with E-state index >= 15 is 0 Å². The van der Waals surface area contributed by atoms with Crippen LogP contribution >= 0.6 is 0 Å². The van der Waals surface area contributed by atoms with Crippen LogP contribution in [0.1, 0.15) is 11.6 Å². The summed E-state index contributed by atoms with van der Waals surface area (Å²) in [6, 6.07) is 2.72. The lowest BCUT2D eigenvalue weighted by Crippen LogP contribution is -2.51. The van der Waals surface area contributed by atoms with E-state index < -0.39 is 30.6 Å². The quantitative estimate of drug-likeness (QED) is 0.524. The van der Waals surface area contributed by atoms with Crippen molar-refractivity contribution in [3.8, 4) is 11.5 Å². The number of hydrogen-bond donors (Lipinski definition) is 2. The van der Waals surface area contributed by atoms with Gasteiger partial charge in [0.15, 0.2) is 11.5 Å². The molecule has 2 N–H and O–H groups in total. The Morgan fingerprint density at radius 2 is 2.00 bits per heavy atom. The van der Waals surface area contributed by atoms with Crippen LogP contribution in [0.25, 0.3) is 0 Å². The number of ether oxygens (including phenoxy) is 4. The molecule has 27 heavy (non-hydrogen) atoms. The molecule has 1 fully saturated rings. The lowest BCUT2D eigenvalue weighted by atomic mass is 9.89. The number of amides is 2. The number of urea groups is 1. The zero-order valence-corrected chi connectivity index (χ0v) is 14.8. The minimum atomic E-state index is -3.02. The third-order valence-corrected chi connectivity index (χ3v) is 3.82. The summed E-state index contributed by atoms with van der Waals surface area (Å²) < 4.78 is 44.4. The second-order valence-corrected chi connectivity index (χ2v) is 5.53. The van der Waals surface area contributed by atoms with Gasteiger partial charge in [-0.25, -0.2) is 4.79 Å². The minimum absolute atomic E-state index is 0.0256. The summed E-state index contributed by atoms with van der Waals surface area (Å²) in [6.45, 7) is 0.933. The summed E-state index contributed by atoms with van der Waals surface area (Å²) >= 11 is 0. The van der Waals surface area contributed by atoms with Gasteiger partial charge in [0.2, 0.25) is 0 Å². The number of hydrogen-bond acceptors (Lipinski definition) is 6. The molecule has 1 aromatic rings. The van der Waals surface area contributed by atoms with Gasteiger partial charge in [0.1, 0.15) is 12.5 Å². The van der Waals surface area contributed by atoms with Crippen molar-refractivity contribution >= 4 is 12.0 Å². The topological polar surface area (TPSA) is 95.1 Å². The van der Waals surface area contributed by atoms with E-state index in [1.807, 2.05) is 0 Å². The van der Waals surface area contributed by atoms with Gasteiger partial charge in [-0.2, -0.15) is 8.78 Å². The Morgan fingerprint density at radius 1 is 1.26 bits per heavy atom. The minimum Gasteiger partial charge on any atom is -0.493 e. The van der Waals surface area contributed by atoms with Crippen molar-refractivity contribution in [2.45, 2.75) is 12.7 Å². The molecular formula is C17H20F2N2O6. The Labute approximate surface area is 154 Å². The lowest BCUT2D eigenvalue weighted by molar-refractivity contribution is -0.149. The van der Waals surface area contributed by atoms with Crippen LogP contribution in [0.4, 0.5) is 13.6 Å². The van der Waals surface area contributed by atoms with Gasteiger partial charge >= 0.3 is 18.6 Å².